The average Bonchev–Trinajstić information content (AvgIpc) is 2.77. The summed E-state index contributed by atoms with van der Waals surface area (Å²) in [6.45, 7) is 3.09. The summed E-state index contributed by atoms with van der Waals surface area (Å²) in [5.74, 6) is 0. The largest absolute Gasteiger partial charge is 0.310 e. The zero-order valence-electron chi connectivity index (χ0n) is 10.4. The number of nitrogens with one attached hydrogen (secondary N) is 1. The van der Waals surface area contributed by atoms with Crippen LogP contribution >= 0.6 is 61.5 Å². The first-order valence-corrected chi connectivity index (χ1v) is 9.09. The molecule has 2 aromatic rings. The van der Waals surface area contributed by atoms with E-state index >= 15 is 0 Å². The summed E-state index contributed by atoms with van der Waals surface area (Å²) < 4.78 is 3.26. The van der Waals surface area contributed by atoms with Gasteiger partial charge in [-0.15, -0.1) is 11.3 Å². The van der Waals surface area contributed by atoms with E-state index in [1.54, 1.807) is 11.3 Å². The van der Waals surface area contributed by atoms with E-state index in [-0.39, 0.29) is 0 Å². The molecule has 0 aliphatic rings. The molecule has 1 unspecified atom stereocenters. The summed E-state index contributed by atoms with van der Waals surface area (Å²) in [4.78, 5) is 1.31. The summed E-state index contributed by atoms with van der Waals surface area (Å²) in [5.41, 5.74) is 1.33. The molecule has 0 spiro atoms. The van der Waals surface area contributed by atoms with Crippen LogP contribution in [-0.4, -0.2) is 6.54 Å². The number of likely N-dealkylation sites (N-methyl/N-ethyl adjacent to an activating group) is 1. The van der Waals surface area contributed by atoms with E-state index in [9.17, 15) is 0 Å². The van der Waals surface area contributed by atoms with E-state index in [0.717, 1.165) is 21.8 Å². The highest BCUT2D eigenvalue weighted by molar-refractivity contribution is 14.1. The van der Waals surface area contributed by atoms with Crippen molar-refractivity contribution in [3.05, 3.63) is 53.2 Å². The monoisotopic (exact) mass is 469 g/mol. The minimum atomic E-state index is 0.323. The second-order valence-electron chi connectivity index (χ2n) is 4.19. The van der Waals surface area contributed by atoms with Crippen molar-refractivity contribution < 1.29 is 0 Å². The molecule has 0 aliphatic carbocycles. The lowest BCUT2D eigenvalue weighted by Gasteiger charge is -2.19. The SMILES string of the molecule is CCNC(Cc1ccc(Cl)s1)c1cc(Br)ccc1I. The second-order valence-corrected chi connectivity index (χ2v) is 8.06. The maximum atomic E-state index is 6.01. The second kappa shape index (κ2) is 7.41. The maximum Gasteiger partial charge on any atom is 0.0931 e. The molecule has 0 bridgehead atoms. The van der Waals surface area contributed by atoms with Crippen molar-refractivity contribution in [2.24, 2.45) is 0 Å². The zero-order valence-corrected chi connectivity index (χ0v) is 15.7. The van der Waals surface area contributed by atoms with Crippen molar-refractivity contribution in [2.75, 3.05) is 6.54 Å². The summed E-state index contributed by atoms with van der Waals surface area (Å²) in [6, 6.07) is 10.8. The van der Waals surface area contributed by atoms with Gasteiger partial charge >= 0.3 is 0 Å². The number of benzene rings is 1. The van der Waals surface area contributed by atoms with Gasteiger partial charge in [0.05, 0.1) is 4.34 Å². The molecule has 0 radical (unpaired) electrons. The van der Waals surface area contributed by atoms with Crippen molar-refractivity contribution in [3.63, 3.8) is 0 Å². The van der Waals surface area contributed by atoms with Crippen molar-refractivity contribution in [3.8, 4) is 0 Å². The minimum Gasteiger partial charge on any atom is -0.310 e. The third kappa shape index (κ3) is 4.43. The molecular formula is C14H14BrClINS. The van der Waals surface area contributed by atoms with Crippen LogP contribution in [0.25, 0.3) is 0 Å². The molecule has 1 aromatic carbocycles. The highest BCUT2D eigenvalue weighted by Crippen LogP contribution is 2.30. The summed E-state index contributed by atoms with van der Waals surface area (Å²) in [7, 11) is 0. The lowest BCUT2D eigenvalue weighted by molar-refractivity contribution is 0.551. The van der Waals surface area contributed by atoms with Crippen LogP contribution in [0.4, 0.5) is 0 Å². The van der Waals surface area contributed by atoms with Gasteiger partial charge in [-0.25, -0.2) is 0 Å². The average molecular weight is 471 g/mol. The van der Waals surface area contributed by atoms with Crippen LogP contribution in [0.15, 0.2) is 34.8 Å². The Labute approximate surface area is 145 Å². The van der Waals surface area contributed by atoms with Gasteiger partial charge < -0.3 is 5.32 Å². The molecule has 0 amide bonds. The molecule has 0 saturated heterocycles. The molecule has 2 rings (SSSR count). The van der Waals surface area contributed by atoms with E-state index < -0.39 is 0 Å². The quantitative estimate of drug-likeness (QED) is 0.556. The summed E-state index contributed by atoms with van der Waals surface area (Å²) in [6.07, 6.45) is 0.970. The molecule has 19 heavy (non-hydrogen) atoms. The highest BCUT2D eigenvalue weighted by atomic mass is 127. The molecule has 1 nitrogen and oxygen atoms in total. The number of hydrogen-bond acceptors (Lipinski definition) is 2. The fourth-order valence-corrected chi connectivity index (χ4v) is 4.21. The molecule has 1 N–H and O–H groups in total. The van der Waals surface area contributed by atoms with Crippen LogP contribution in [-0.2, 0) is 6.42 Å². The van der Waals surface area contributed by atoms with Crippen LogP contribution in [0.2, 0.25) is 4.34 Å². The first kappa shape index (κ1) is 15.8. The predicted octanol–water partition coefficient (Wildman–Crippen LogP) is 5.66. The fourth-order valence-electron chi connectivity index (χ4n) is 1.98. The van der Waals surface area contributed by atoms with Crippen molar-refractivity contribution in [1.29, 1.82) is 0 Å². The maximum absolute atomic E-state index is 6.01. The topological polar surface area (TPSA) is 12.0 Å². The Balaban J connectivity index is 2.26. The van der Waals surface area contributed by atoms with Gasteiger partial charge in [-0.1, -0.05) is 34.5 Å². The standard InChI is InChI=1S/C14H14BrClINS/c1-2-18-13(8-10-4-6-14(16)19-10)11-7-9(15)3-5-12(11)17/h3-7,13,18H,2,8H2,1H3. The number of rotatable bonds is 5. The van der Waals surface area contributed by atoms with E-state index in [0.29, 0.717) is 6.04 Å². The summed E-state index contributed by atoms with van der Waals surface area (Å²) >= 11 is 13.6. The van der Waals surface area contributed by atoms with E-state index in [1.165, 1.54) is 14.0 Å². The molecule has 1 heterocycles. The number of thiophene rings is 1. The molecule has 1 atom stereocenters. The third-order valence-corrected chi connectivity index (χ3v) is 5.55. The van der Waals surface area contributed by atoms with Gasteiger partial charge in [0, 0.05) is 25.4 Å². The molecular weight excluding hydrogens is 456 g/mol. The van der Waals surface area contributed by atoms with Crippen LogP contribution < -0.4 is 5.32 Å². The summed E-state index contributed by atoms with van der Waals surface area (Å²) in [5, 5.41) is 3.56. The Morgan fingerprint density at radius 3 is 2.79 bits per heavy atom. The molecule has 102 valence electrons. The fraction of sp³-hybridized carbons (Fsp3) is 0.286. The Bertz CT molecular complexity index is 558. The minimum absolute atomic E-state index is 0.323. The number of hydrogen-bond donors (Lipinski definition) is 1. The molecule has 0 fully saturated rings. The van der Waals surface area contributed by atoms with Gasteiger partial charge in [0.1, 0.15) is 0 Å². The van der Waals surface area contributed by atoms with Crippen molar-refractivity contribution in [1.82, 2.24) is 5.32 Å². The van der Waals surface area contributed by atoms with E-state index in [2.05, 4.69) is 75.0 Å². The van der Waals surface area contributed by atoms with Crippen LogP contribution in [0.5, 0.6) is 0 Å². The van der Waals surface area contributed by atoms with Gasteiger partial charge in [0.15, 0.2) is 0 Å². The Hall–Kier alpha value is 0.380. The first-order valence-electron chi connectivity index (χ1n) is 6.02. The molecule has 5 heteroatoms. The Morgan fingerprint density at radius 2 is 2.16 bits per heavy atom. The van der Waals surface area contributed by atoms with Crippen LogP contribution in [0.3, 0.4) is 0 Å². The highest BCUT2D eigenvalue weighted by Gasteiger charge is 2.15. The molecule has 0 saturated carbocycles. The van der Waals surface area contributed by atoms with E-state index in [4.69, 9.17) is 11.6 Å². The Morgan fingerprint density at radius 1 is 1.37 bits per heavy atom. The van der Waals surface area contributed by atoms with Crippen molar-refractivity contribution in [2.45, 2.75) is 19.4 Å². The lowest BCUT2D eigenvalue weighted by Crippen LogP contribution is -2.23. The lowest BCUT2D eigenvalue weighted by atomic mass is 10.0. The van der Waals surface area contributed by atoms with Gasteiger partial charge in [0.25, 0.3) is 0 Å². The number of halogens is 3. The predicted molar refractivity (Wildman–Crippen MR) is 96.3 cm³/mol. The van der Waals surface area contributed by atoms with Crippen molar-refractivity contribution >= 4 is 61.5 Å². The van der Waals surface area contributed by atoms with Crippen LogP contribution in [0.1, 0.15) is 23.4 Å². The van der Waals surface area contributed by atoms with Gasteiger partial charge in [-0.05, 0) is 65.0 Å². The van der Waals surface area contributed by atoms with E-state index in [1.807, 2.05) is 6.07 Å². The Kier molecular flexibility index (Phi) is 6.14. The molecule has 0 aliphatic heterocycles. The van der Waals surface area contributed by atoms with Gasteiger partial charge in [-0.3, -0.25) is 0 Å². The normalized spacial score (nSPS) is 12.6. The van der Waals surface area contributed by atoms with Crippen LogP contribution in [0, 0.1) is 3.57 Å². The first-order chi connectivity index (χ1) is 9.10. The molecule has 1 aromatic heterocycles. The van der Waals surface area contributed by atoms with Gasteiger partial charge in [-0.2, -0.15) is 0 Å². The van der Waals surface area contributed by atoms with Gasteiger partial charge in [0.2, 0.25) is 0 Å². The third-order valence-electron chi connectivity index (χ3n) is 2.82. The smallest absolute Gasteiger partial charge is 0.0931 e. The zero-order chi connectivity index (χ0) is 13.8.